The van der Waals surface area contributed by atoms with Gasteiger partial charge in [0.2, 0.25) is 0 Å². The molecule has 0 aliphatic carbocycles. The van der Waals surface area contributed by atoms with Gasteiger partial charge in [-0.15, -0.1) is 13.2 Å². The molecule has 0 aromatic heterocycles. The lowest BCUT2D eigenvalue weighted by Gasteiger charge is -2.18. The Morgan fingerprint density at radius 1 is 1.24 bits per heavy atom. The van der Waals surface area contributed by atoms with Crippen molar-refractivity contribution in [1.82, 2.24) is 0 Å². The third-order valence-electron chi connectivity index (χ3n) is 2.23. The number of halogens is 4. The van der Waals surface area contributed by atoms with Crippen molar-refractivity contribution < 1.29 is 17.9 Å². The van der Waals surface area contributed by atoms with E-state index in [4.69, 9.17) is 5.73 Å². The summed E-state index contributed by atoms with van der Waals surface area (Å²) in [6, 6.07) is 3.92. The zero-order valence-corrected chi connectivity index (χ0v) is 11.0. The van der Waals surface area contributed by atoms with Crippen molar-refractivity contribution in [2.45, 2.75) is 26.3 Å². The van der Waals surface area contributed by atoms with E-state index in [9.17, 15) is 13.2 Å². The number of hydrogen-bond acceptors (Lipinski definition) is 2. The van der Waals surface area contributed by atoms with E-state index < -0.39 is 6.36 Å². The van der Waals surface area contributed by atoms with E-state index in [1.165, 1.54) is 12.1 Å². The molecular weight excluding hydrogens is 299 g/mol. The van der Waals surface area contributed by atoms with Gasteiger partial charge in [0.25, 0.3) is 0 Å². The first-order valence-corrected chi connectivity index (χ1v) is 5.80. The molecule has 0 radical (unpaired) electrons. The van der Waals surface area contributed by atoms with Crippen LogP contribution in [0.25, 0.3) is 0 Å². The molecule has 0 fully saturated rings. The number of hydrogen-bond donors (Lipinski definition) is 1. The molecule has 6 heteroatoms. The van der Waals surface area contributed by atoms with Crippen LogP contribution in [0.3, 0.4) is 0 Å². The summed E-state index contributed by atoms with van der Waals surface area (Å²) < 4.78 is 40.7. The van der Waals surface area contributed by atoms with Crippen LogP contribution in [0.5, 0.6) is 5.75 Å². The molecule has 1 rings (SSSR count). The van der Waals surface area contributed by atoms with Crippen LogP contribution in [-0.4, -0.2) is 6.36 Å². The van der Waals surface area contributed by atoms with Gasteiger partial charge in [0, 0.05) is 10.5 Å². The van der Waals surface area contributed by atoms with Gasteiger partial charge < -0.3 is 10.5 Å². The van der Waals surface area contributed by atoms with Crippen LogP contribution in [0.2, 0.25) is 0 Å². The van der Waals surface area contributed by atoms with Gasteiger partial charge in [-0.25, -0.2) is 0 Å². The number of alkyl halides is 3. The highest BCUT2D eigenvalue weighted by Gasteiger charge is 2.31. The Morgan fingerprint density at radius 3 is 2.29 bits per heavy atom. The molecule has 1 aromatic carbocycles. The molecule has 0 saturated carbocycles. The van der Waals surface area contributed by atoms with Crippen molar-refractivity contribution in [3.8, 4) is 5.75 Å². The molecule has 2 nitrogen and oxygen atoms in total. The third-order valence-corrected chi connectivity index (χ3v) is 2.69. The fourth-order valence-corrected chi connectivity index (χ4v) is 1.84. The van der Waals surface area contributed by atoms with Gasteiger partial charge in [-0.1, -0.05) is 29.8 Å². The summed E-state index contributed by atoms with van der Waals surface area (Å²) in [5.74, 6) is -0.138. The molecule has 1 aromatic rings. The summed E-state index contributed by atoms with van der Waals surface area (Å²) in [7, 11) is 0. The molecule has 96 valence electrons. The van der Waals surface area contributed by atoms with Crippen LogP contribution in [0.15, 0.2) is 22.7 Å². The summed E-state index contributed by atoms with van der Waals surface area (Å²) in [5, 5.41) is 0. The maximum absolute atomic E-state index is 12.1. The smallest absolute Gasteiger partial charge is 0.406 e. The minimum atomic E-state index is -4.69. The van der Waals surface area contributed by atoms with Crippen LogP contribution >= 0.6 is 15.9 Å². The summed E-state index contributed by atoms with van der Waals surface area (Å²) in [6.07, 6.45) is -4.69. The normalized spacial score (nSPS) is 13.9. The molecule has 17 heavy (non-hydrogen) atoms. The van der Waals surface area contributed by atoms with Crippen molar-refractivity contribution >= 4 is 15.9 Å². The Hall–Kier alpha value is -0.750. The van der Waals surface area contributed by atoms with Crippen LogP contribution < -0.4 is 10.5 Å². The lowest BCUT2D eigenvalue weighted by Crippen LogP contribution is -2.19. The number of rotatable bonds is 3. The maximum Gasteiger partial charge on any atom is 0.573 e. The molecule has 0 aliphatic rings. The Balaban J connectivity index is 3.02. The van der Waals surface area contributed by atoms with Crippen molar-refractivity contribution in [3.63, 3.8) is 0 Å². The summed E-state index contributed by atoms with van der Waals surface area (Å²) in [4.78, 5) is 0. The Bertz CT molecular complexity index is 393. The van der Waals surface area contributed by atoms with Crippen LogP contribution in [-0.2, 0) is 0 Å². The molecular formula is C11H13BrF3NO. The van der Waals surface area contributed by atoms with E-state index in [1.807, 2.05) is 13.8 Å². The molecule has 0 heterocycles. The van der Waals surface area contributed by atoms with Crippen LogP contribution in [0.4, 0.5) is 13.2 Å². The molecule has 1 atom stereocenters. The Labute approximate surface area is 106 Å². The largest absolute Gasteiger partial charge is 0.573 e. The van der Waals surface area contributed by atoms with Gasteiger partial charge in [-0.2, -0.15) is 0 Å². The summed E-state index contributed by atoms with van der Waals surface area (Å²) >= 11 is 3.14. The van der Waals surface area contributed by atoms with Crippen LogP contribution in [0.1, 0.15) is 25.5 Å². The van der Waals surface area contributed by atoms with Gasteiger partial charge in [0.1, 0.15) is 5.75 Å². The van der Waals surface area contributed by atoms with E-state index in [-0.39, 0.29) is 17.7 Å². The summed E-state index contributed by atoms with van der Waals surface area (Å²) in [6.45, 7) is 3.80. The zero-order chi connectivity index (χ0) is 13.2. The van der Waals surface area contributed by atoms with E-state index in [0.717, 1.165) is 0 Å². The van der Waals surface area contributed by atoms with Crippen molar-refractivity contribution in [2.24, 2.45) is 11.7 Å². The van der Waals surface area contributed by atoms with Gasteiger partial charge in [-0.3, -0.25) is 0 Å². The maximum atomic E-state index is 12.1. The number of ether oxygens (including phenoxy) is 1. The lowest BCUT2D eigenvalue weighted by atomic mass is 9.97. The minimum Gasteiger partial charge on any atom is -0.406 e. The topological polar surface area (TPSA) is 35.2 Å². The van der Waals surface area contributed by atoms with Gasteiger partial charge >= 0.3 is 6.36 Å². The predicted molar refractivity (Wildman–Crippen MR) is 62.6 cm³/mol. The molecule has 0 saturated heterocycles. The van der Waals surface area contributed by atoms with Crippen molar-refractivity contribution in [2.75, 3.05) is 0 Å². The monoisotopic (exact) mass is 311 g/mol. The Kier molecular flexibility index (Phi) is 4.43. The first kappa shape index (κ1) is 14.3. The average Bonchev–Trinajstić information content (AvgIpc) is 2.12. The molecule has 0 unspecified atom stereocenters. The second-order valence-electron chi connectivity index (χ2n) is 4.04. The first-order chi connectivity index (χ1) is 7.69. The quantitative estimate of drug-likeness (QED) is 0.915. The molecule has 0 amide bonds. The highest BCUT2D eigenvalue weighted by atomic mass is 79.9. The molecule has 0 aliphatic heterocycles. The van der Waals surface area contributed by atoms with Gasteiger partial charge in [0.15, 0.2) is 0 Å². The highest BCUT2D eigenvalue weighted by Crippen LogP contribution is 2.30. The van der Waals surface area contributed by atoms with E-state index in [0.29, 0.717) is 10.0 Å². The molecule has 0 bridgehead atoms. The zero-order valence-electron chi connectivity index (χ0n) is 9.38. The van der Waals surface area contributed by atoms with E-state index in [1.54, 1.807) is 6.07 Å². The first-order valence-electron chi connectivity index (χ1n) is 5.01. The minimum absolute atomic E-state index is 0.128. The van der Waals surface area contributed by atoms with E-state index in [2.05, 4.69) is 20.7 Å². The van der Waals surface area contributed by atoms with Gasteiger partial charge in [0.05, 0.1) is 0 Å². The summed E-state index contributed by atoms with van der Waals surface area (Å²) in [5.41, 5.74) is 6.49. The van der Waals surface area contributed by atoms with Crippen molar-refractivity contribution in [3.05, 3.63) is 28.2 Å². The molecule has 2 N–H and O–H groups in total. The number of nitrogens with two attached hydrogens (primary N) is 1. The highest BCUT2D eigenvalue weighted by molar-refractivity contribution is 9.10. The Morgan fingerprint density at radius 2 is 1.82 bits per heavy atom. The van der Waals surface area contributed by atoms with Gasteiger partial charge in [-0.05, 0) is 29.7 Å². The lowest BCUT2D eigenvalue weighted by molar-refractivity contribution is -0.274. The second kappa shape index (κ2) is 5.27. The SMILES string of the molecule is CC(C)[C@@H](N)c1cc(Br)cc(OC(F)(F)F)c1. The fourth-order valence-electron chi connectivity index (χ4n) is 1.35. The van der Waals surface area contributed by atoms with Crippen LogP contribution in [0, 0.1) is 5.92 Å². The average molecular weight is 312 g/mol. The second-order valence-corrected chi connectivity index (χ2v) is 4.95. The van der Waals surface area contributed by atoms with E-state index >= 15 is 0 Å². The number of benzene rings is 1. The molecule has 0 spiro atoms. The van der Waals surface area contributed by atoms with Crippen molar-refractivity contribution in [1.29, 1.82) is 0 Å². The standard InChI is InChI=1S/C11H13BrF3NO/c1-6(2)10(16)7-3-8(12)5-9(4-7)17-11(13,14)15/h3-6,10H,16H2,1-2H3/t10-/m1/s1. The fraction of sp³-hybridized carbons (Fsp3) is 0.455. The predicted octanol–water partition coefficient (Wildman–Crippen LogP) is 4.00. The third kappa shape index (κ3) is 4.55.